The Morgan fingerprint density at radius 1 is 1.35 bits per heavy atom. The number of carbonyl (C=O) groups excluding carboxylic acids is 2. The van der Waals surface area contributed by atoms with Gasteiger partial charge in [0, 0.05) is 23.5 Å². The van der Waals surface area contributed by atoms with E-state index in [9.17, 15) is 9.59 Å². The summed E-state index contributed by atoms with van der Waals surface area (Å²) in [5, 5.41) is 2.31. The van der Waals surface area contributed by atoms with E-state index in [4.69, 9.17) is 11.6 Å². The molecule has 0 saturated carbocycles. The van der Waals surface area contributed by atoms with Gasteiger partial charge in [0.25, 0.3) is 0 Å². The van der Waals surface area contributed by atoms with Crippen molar-refractivity contribution in [2.24, 2.45) is 0 Å². The van der Waals surface area contributed by atoms with E-state index in [1.807, 2.05) is 32.3 Å². The zero-order valence-electron chi connectivity index (χ0n) is 12.8. The lowest BCUT2D eigenvalue weighted by molar-refractivity contribution is -0.123. The van der Waals surface area contributed by atoms with Crippen molar-refractivity contribution in [3.63, 3.8) is 0 Å². The van der Waals surface area contributed by atoms with Crippen LogP contribution >= 0.6 is 11.6 Å². The molecule has 1 amide bonds. The number of halogens is 1. The van der Waals surface area contributed by atoms with Gasteiger partial charge in [-0.05, 0) is 40.2 Å². The second-order valence-electron chi connectivity index (χ2n) is 5.10. The van der Waals surface area contributed by atoms with E-state index in [0.717, 1.165) is 17.8 Å². The molecule has 0 aliphatic carbocycles. The standard InChI is InChI=1S/C15H23ClN2O2/c1-6-7-17-15(20)12(5)18-9(2)8-13(11(18)4)14(19)10(3)16/h8,10,12H,6-7H2,1-5H3,(H,17,20). The molecule has 5 heteroatoms. The minimum absolute atomic E-state index is 0.0356. The molecule has 1 rings (SSSR count). The Labute approximate surface area is 125 Å². The van der Waals surface area contributed by atoms with E-state index < -0.39 is 5.38 Å². The van der Waals surface area contributed by atoms with E-state index >= 15 is 0 Å². The van der Waals surface area contributed by atoms with Crippen LogP contribution in [0.15, 0.2) is 6.07 Å². The summed E-state index contributed by atoms with van der Waals surface area (Å²) >= 11 is 5.87. The lowest BCUT2D eigenvalue weighted by atomic mass is 10.1. The fourth-order valence-corrected chi connectivity index (χ4v) is 2.47. The van der Waals surface area contributed by atoms with Crippen LogP contribution in [0.5, 0.6) is 0 Å². The first-order chi connectivity index (χ1) is 9.31. The summed E-state index contributed by atoms with van der Waals surface area (Å²) in [6.07, 6.45) is 0.898. The first kappa shape index (κ1) is 16.8. The highest BCUT2D eigenvalue weighted by atomic mass is 35.5. The van der Waals surface area contributed by atoms with E-state index in [-0.39, 0.29) is 17.7 Å². The molecule has 0 aliphatic rings. The molecule has 0 saturated heterocycles. The maximum absolute atomic E-state index is 12.1. The van der Waals surface area contributed by atoms with Crippen molar-refractivity contribution in [2.75, 3.05) is 6.54 Å². The second-order valence-corrected chi connectivity index (χ2v) is 5.76. The van der Waals surface area contributed by atoms with Crippen LogP contribution in [0.4, 0.5) is 0 Å². The molecule has 1 N–H and O–H groups in total. The Hall–Kier alpha value is -1.29. The second kappa shape index (κ2) is 6.93. The Morgan fingerprint density at radius 2 is 1.95 bits per heavy atom. The summed E-state index contributed by atoms with van der Waals surface area (Å²) in [7, 11) is 0. The Kier molecular flexibility index (Phi) is 5.81. The van der Waals surface area contributed by atoms with Crippen molar-refractivity contribution in [3.8, 4) is 0 Å². The van der Waals surface area contributed by atoms with E-state index in [1.54, 1.807) is 13.0 Å². The predicted octanol–water partition coefficient (Wildman–Crippen LogP) is 3.00. The van der Waals surface area contributed by atoms with E-state index in [1.165, 1.54) is 0 Å². The highest BCUT2D eigenvalue weighted by Crippen LogP contribution is 2.22. The summed E-state index contributed by atoms with van der Waals surface area (Å²) in [5.74, 6) is -0.140. The third-order valence-corrected chi connectivity index (χ3v) is 3.63. The first-order valence-corrected chi connectivity index (χ1v) is 7.39. The maximum Gasteiger partial charge on any atom is 0.242 e. The molecular formula is C15H23ClN2O2. The SMILES string of the molecule is CCCNC(=O)C(C)n1c(C)cc(C(=O)C(C)Cl)c1C. The average Bonchev–Trinajstić information content (AvgIpc) is 2.69. The highest BCUT2D eigenvalue weighted by Gasteiger charge is 2.24. The molecule has 4 nitrogen and oxygen atoms in total. The number of hydrogen-bond donors (Lipinski definition) is 1. The fourth-order valence-electron chi connectivity index (χ4n) is 2.35. The summed E-state index contributed by atoms with van der Waals surface area (Å²) in [4.78, 5) is 24.1. The van der Waals surface area contributed by atoms with Gasteiger partial charge in [-0.25, -0.2) is 0 Å². The molecule has 1 heterocycles. The summed E-state index contributed by atoms with van der Waals surface area (Å²) in [6.45, 7) is 9.91. The number of nitrogens with one attached hydrogen (secondary N) is 1. The maximum atomic E-state index is 12.1. The van der Waals surface area contributed by atoms with Gasteiger partial charge in [-0.1, -0.05) is 6.92 Å². The average molecular weight is 299 g/mol. The van der Waals surface area contributed by atoms with E-state index in [2.05, 4.69) is 5.32 Å². The zero-order chi connectivity index (χ0) is 15.4. The van der Waals surface area contributed by atoms with Gasteiger partial charge in [-0.3, -0.25) is 9.59 Å². The lowest BCUT2D eigenvalue weighted by Crippen LogP contribution is -2.32. The highest BCUT2D eigenvalue weighted by molar-refractivity contribution is 6.33. The normalized spacial score (nSPS) is 13.9. The van der Waals surface area contributed by atoms with E-state index in [0.29, 0.717) is 12.1 Å². The van der Waals surface area contributed by atoms with Crippen LogP contribution < -0.4 is 5.32 Å². The van der Waals surface area contributed by atoms with Gasteiger partial charge in [-0.2, -0.15) is 0 Å². The van der Waals surface area contributed by atoms with Crippen molar-refractivity contribution in [1.82, 2.24) is 9.88 Å². The molecule has 112 valence electrons. The molecule has 20 heavy (non-hydrogen) atoms. The number of rotatable bonds is 6. The third kappa shape index (κ3) is 3.42. The van der Waals surface area contributed by atoms with Crippen LogP contribution in [0.25, 0.3) is 0 Å². The summed E-state index contributed by atoms with van der Waals surface area (Å²) in [5.41, 5.74) is 2.28. The van der Waals surface area contributed by atoms with Crippen LogP contribution in [0.2, 0.25) is 0 Å². The smallest absolute Gasteiger partial charge is 0.242 e. The summed E-state index contributed by atoms with van der Waals surface area (Å²) in [6, 6.07) is 1.47. The van der Waals surface area contributed by atoms with Crippen molar-refractivity contribution in [3.05, 3.63) is 23.0 Å². The number of ketones is 1. The number of carbonyl (C=O) groups is 2. The Balaban J connectivity index is 3.07. The van der Waals surface area contributed by atoms with Gasteiger partial charge < -0.3 is 9.88 Å². The topological polar surface area (TPSA) is 51.1 Å². The van der Waals surface area contributed by atoms with Crippen LogP contribution in [-0.2, 0) is 4.79 Å². The Morgan fingerprint density at radius 3 is 2.45 bits per heavy atom. The molecule has 0 spiro atoms. The van der Waals surface area contributed by atoms with Crippen molar-refractivity contribution >= 4 is 23.3 Å². The number of alkyl halides is 1. The van der Waals surface area contributed by atoms with Crippen LogP contribution in [0, 0.1) is 13.8 Å². The van der Waals surface area contributed by atoms with Crippen molar-refractivity contribution in [1.29, 1.82) is 0 Å². The molecular weight excluding hydrogens is 276 g/mol. The molecule has 0 fully saturated rings. The van der Waals surface area contributed by atoms with Crippen LogP contribution in [0.1, 0.15) is 55.0 Å². The molecule has 2 unspecified atom stereocenters. The Bertz CT molecular complexity index is 506. The molecule has 0 aromatic carbocycles. The minimum Gasteiger partial charge on any atom is -0.354 e. The quantitative estimate of drug-likeness (QED) is 0.648. The molecule has 1 aromatic rings. The number of aryl methyl sites for hydroxylation is 1. The number of aromatic nitrogens is 1. The zero-order valence-corrected chi connectivity index (χ0v) is 13.5. The molecule has 0 radical (unpaired) electrons. The largest absolute Gasteiger partial charge is 0.354 e. The first-order valence-electron chi connectivity index (χ1n) is 6.95. The van der Waals surface area contributed by atoms with Gasteiger partial charge >= 0.3 is 0 Å². The summed E-state index contributed by atoms with van der Waals surface area (Å²) < 4.78 is 1.89. The number of nitrogens with zero attached hydrogens (tertiary/aromatic N) is 1. The van der Waals surface area contributed by atoms with Gasteiger partial charge in [0.1, 0.15) is 6.04 Å². The monoisotopic (exact) mass is 298 g/mol. The molecule has 0 bridgehead atoms. The van der Waals surface area contributed by atoms with Crippen LogP contribution in [-0.4, -0.2) is 28.2 Å². The van der Waals surface area contributed by atoms with Gasteiger partial charge in [0.15, 0.2) is 5.78 Å². The molecule has 0 aliphatic heterocycles. The lowest BCUT2D eigenvalue weighted by Gasteiger charge is -2.18. The number of Topliss-reactive ketones (excluding diaryl/α,β-unsaturated/α-hetero) is 1. The fraction of sp³-hybridized carbons (Fsp3) is 0.600. The molecule has 2 atom stereocenters. The van der Waals surface area contributed by atoms with Gasteiger partial charge in [0.05, 0.1) is 5.38 Å². The minimum atomic E-state index is -0.562. The predicted molar refractivity (Wildman–Crippen MR) is 81.6 cm³/mol. The number of amides is 1. The van der Waals surface area contributed by atoms with Crippen LogP contribution in [0.3, 0.4) is 0 Å². The van der Waals surface area contributed by atoms with Gasteiger partial charge in [-0.15, -0.1) is 11.6 Å². The molecule has 1 aromatic heterocycles. The third-order valence-electron chi connectivity index (χ3n) is 3.43. The van der Waals surface area contributed by atoms with Gasteiger partial charge in [0.2, 0.25) is 5.91 Å². The van der Waals surface area contributed by atoms with Crippen molar-refractivity contribution in [2.45, 2.75) is 52.5 Å². The number of hydrogen-bond acceptors (Lipinski definition) is 2. The van der Waals surface area contributed by atoms with Crippen molar-refractivity contribution < 1.29 is 9.59 Å².